The van der Waals surface area contributed by atoms with Crippen molar-refractivity contribution in [2.24, 2.45) is 0 Å². The van der Waals surface area contributed by atoms with E-state index in [-0.39, 0.29) is 5.91 Å². The van der Waals surface area contributed by atoms with Crippen LogP contribution in [0, 0.1) is 0 Å². The Kier molecular flexibility index (Phi) is 3.25. The number of carbonyl (C=O) groups excluding carboxylic acids is 1. The van der Waals surface area contributed by atoms with Gasteiger partial charge in [0.15, 0.2) is 0 Å². The van der Waals surface area contributed by atoms with E-state index in [9.17, 15) is 4.79 Å². The largest absolute Gasteiger partial charge is 0.383 e. The summed E-state index contributed by atoms with van der Waals surface area (Å²) in [6, 6.07) is 15.7. The Balaban J connectivity index is 2.12. The molecule has 0 aromatic heterocycles. The van der Waals surface area contributed by atoms with E-state index < -0.39 is 0 Å². The first kappa shape index (κ1) is 12.2. The molecule has 96 valence electrons. The van der Waals surface area contributed by atoms with Gasteiger partial charge in [0, 0.05) is 23.1 Å². The van der Waals surface area contributed by atoms with Gasteiger partial charge in [-0.2, -0.15) is 0 Å². The van der Waals surface area contributed by atoms with Crippen molar-refractivity contribution in [1.82, 2.24) is 0 Å². The van der Waals surface area contributed by atoms with E-state index >= 15 is 0 Å². The third-order valence-corrected chi connectivity index (χ3v) is 3.66. The van der Waals surface area contributed by atoms with Crippen molar-refractivity contribution < 1.29 is 4.79 Å². The number of anilines is 3. The molecule has 0 spiro atoms. The monoisotopic (exact) mass is 316 g/mol. The zero-order chi connectivity index (χ0) is 13.2. The first-order valence-corrected chi connectivity index (χ1v) is 6.96. The molecule has 0 atom stereocenters. The lowest BCUT2D eigenvalue weighted by Gasteiger charge is -2.22. The SMILES string of the molecule is O=C1CCNc2ccccc2N1c1ccc(Br)cc1. The van der Waals surface area contributed by atoms with E-state index in [1.54, 1.807) is 4.90 Å². The average molecular weight is 317 g/mol. The van der Waals surface area contributed by atoms with Gasteiger partial charge in [0.2, 0.25) is 5.91 Å². The predicted octanol–water partition coefficient (Wildman–Crippen LogP) is 3.93. The van der Waals surface area contributed by atoms with Crippen molar-refractivity contribution in [2.45, 2.75) is 6.42 Å². The fraction of sp³-hybridized carbons (Fsp3) is 0.133. The normalized spacial score (nSPS) is 14.6. The van der Waals surface area contributed by atoms with Crippen LogP contribution >= 0.6 is 15.9 Å². The topological polar surface area (TPSA) is 32.3 Å². The molecule has 0 aliphatic carbocycles. The lowest BCUT2D eigenvalue weighted by atomic mass is 10.2. The Hall–Kier alpha value is -1.81. The van der Waals surface area contributed by atoms with E-state index in [2.05, 4.69) is 21.2 Å². The van der Waals surface area contributed by atoms with E-state index in [1.165, 1.54) is 0 Å². The minimum atomic E-state index is 0.111. The number of amides is 1. The number of nitrogens with zero attached hydrogens (tertiary/aromatic N) is 1. The third kappa shape index (κ3) is 2.36. The van der Waals surface area contributed by atoms with E-state index in [4.69, 9.17) is 0 Å². The average Bonchev–Trinajstić information content (AvgIpc) is 2.58. The zero-order valence-electron chi connectivity index (χ0n) is 10.3. The number of benzene rings is 2. The Morgan fingerprint density at radius 3 is 2.58 bits per heavy atom. The molecule has 0 fully saturated rings. The number of hydrogen-bond donors (Lipinski definition) is 1. The smallest absolute Gasteiger partial charge is 0.233 e. The van der Waals surface area contributed by atoms with Crippen LogP contribution in [-0.2, 0) is 4.79 Å². The fourth-order valence-electron chi connectivity index (χ4n) is 2.24. The Morgan fingerprint density at radius 2 is 1.79 bits per heavy atom. The Bertz CT molecular complexity index is 610. The second-order valence-corrected chi connectivity index (χ2v) is 5.32. The van der Waals surface area contributed by atoms with Crippen molar-refractivity contribution in [3.05, 3.63) is 53.0 Å². The molecule has 0 saturated carbocycles. The number of fused-ring (bicyclic) bond motifs is 1. The Morgan fingerprint density at radius 1 is 1.05 bits per heavy atom. The van der Waals surface area contributed by atoms with Crippen molar-refractivity contribution >= 4 is 38.9 Å². The molecule has 0 radical (unpaired) electrons. The van der Waals surface area contributed by atoms with Gasteiger partial charge in [-0.25, -0.2) is 0 Å². The Labute approximate surface area is 120 Å². The van der Waals surface area contributed by atoms with Gasteiger partial charge in [-0.05, 0) is 36.4 Å². The van der Waals surface area contributed by atoms with Crippen LogP contribution in [0.5, 0.6) is 0 Å². The number of hydrogen-bond acceptors (Lipinski definition) is 2. The van der Waals surface area contributed by atoms with Crippen molar-refractivity contribution in [2.75, 3.05) is 16.8 Å². The van der Waals surface area contributed by atoms with Gasteiger partial charge in [0.05, 0.1) is 11.4 Å². The molecule has 2 aromatic rings. The van der Waals surface area contributed by atoms with Crippen LogP contribution in [0.15, 0.2) is 53.0 Å². The molecule has 2 aromatic carbocycles. The number of halogens is 1. The minimum Gasteiger partial charge on any atom is -0.383 e. The molecule has 1 aliphatic rings. The highest BCUT2D eigenvalue weighted by molar-refractivity contribution is 9.10. The lowest BCUT2D eigenvalue weighted by Crippen LogP contribution is -2.24. The van der Waals surface area contributed by atoms with Crippen LogP contribution in [0.4, 0.5) is 17.1 Å². The molecular weight excluding hydrogens is 304 g/mol. The summed E-state index contributed by atoms with van der Waals surface area (Å²) in [6.07, 6.45) is 0.491. The molecule has 19 heavy (non-hydrogen) atoms. The molecule has 3 nitrogen and oxygen atoms in total. The molecule has 4 heteroatoms. The maximum absolute atomic E-state index is 12.3. The molecule has 1 aliphatic heterocycles. The molecule has 3 rings (SSSR count). The fourth-order valence-corrected chi connectivity index (χ4v) is 2.51. The highest BCUT2D eigenvalue weighted by atomic mass is 79.9. The second-order valence-electron chi connectivity index (χ2n) is 4.40. The lowest BCUT2D eigenvalue weighted by molar-refractivity contribution is -0.117. The van der Waals surface area contributed by atoms with Gasteiger partial charge in [0.1, 0.15) is 0 Å². The standard InChI is InChI=1S/C15H13BrN2O/c16-11-5-7-12(8-6-11)18-14-4-2-1-3-13(14)17-10-9-15(18)19/h1-8,17H,9-10H2. The molecule has 0 bridgehead atoms. The maximum Gasteiger partial charge on any atom is 0.233 e. The molecular formula is C15H13BrN2O. The molecule has 0 unspecified atom stereocenters. The second kappa shape index (κ2) is 5.05. The highest BCUT2D eigenvalue weighted by Gasteiger charge is 2.22. The molecule has 1 N–H and O–H groups in total. The minimum absolute atomic E-state index is 0.111. The number of para-hydroxylation sites is 2. The summed E-state index contributed by atoms with van der Waals surface area (Å²) in [7, 11) is 0. The van der Waals surface area contributed by atoms with Crippen molar-refractivity contribution in [3.63, 3.8) is 0 Å². The van der Waals surface area contributed by atoms with Crippen LogP contribution in [0.3, 0.4) is 0 Å². The van der Waals surface area contributed by atoms with Gasteiger partial charge in [0.25, 0.3) is 0 Å². The van der Waals surface area contributed by atoms with Crippen LogP contribution < -0.4 is 10.2 Å². The molecule has 0 saturated heterocycles. The highest BCUT2D eigenvalue weighted by Crippen LogP contribution is 2.34. The first-order chi connectivity index (χ1) is 9.25. The van der Waals surface area contributed by atoms with Crippen LogP contribution in [0.2, 0.25) is 0 Å². The maximum atomic E-state index is 12.3. The van der Waals surface area contributed by atoms with E-state index in [1.807, 2.05) is 48.5 Å². The number of carbonyl (C=O) groups is 1. The van der Waals surface area contributed by atoms with Gasteiger partial charge in [-0.3, -0.25) is 9.69 Å². The van der Waals surface area contributed by atoms with Crippen molar-refractivity contribution in [1.29, 1.82) is 0 Å². The van der Waals surface area contributed by atoms with E-state index in [0.29, 0.717) is 13.0 Å². The molecule has 1 amide bonds. The summed E-state index contributed by atoms with van der Waals surface area (Å²) in [5, 5.41) is 3.29. The first-order valence-electron chi connectivity index (χ1n) is 6.17. The quantitative estimate of drug-likeness (QED) is 0.864. The number of rotatable bonds is 1. The van der Waals surface area contributed by atoms with Gasteiger partial charge in [-0.15, -0.1) is 0 Å². The van der Waals surface area contributed by atoms with Crippen LogP contribution in [0.25, 0.3) is 0 Å². The van der Waals surface area contributed by atoms with E-state index in [0.717, 1.165) is 21.5 Å². The molecule has 1 heterocycles. The number of nitrogens with one attached hydrogen (secondary N) is 1. The summed E-state index contributed by atoms with van der Waals surface area (Å²) < 4.78 is 1.00. The van der Waals surface area contributed by atoms with Gasteiger partial charge in [-0.1, -0.05) is 28.1 Å². The van der Waals surface area contributed by atoms with Crippen LogP contribution in [0.1, 0.15) is 6.42 Å². The summed E-state index contributed by atoms with van der Waals surface area (Å²) >= 11 is 3.42. The summed E-state index contributed by atoms with van der Waals surface area (Å²) in [5.41, 5.74) is 2.80. The predicted molar refractivity (Wildman–Crippen MR) is 80.8 cm³/mol. The van der Waals surface area contributed by atoms with Crippen LogP contribution in [-0.4, -0.2) is 12.5 Å². The van der Waals surface area contributed by atoms with Gasteiger partial charge >= 0.3 is 0 Å². The summed E-state index contributed by atoms with van der Waals surface area (Å²) in [5.74, 6) is 0.111. The zero-order valence-corrected chi connectivity index (χ0v) is 11.9. The van der Waals surface area contributed by atoms with Crippen molar-refractivity contribution in [3.8, 4) is 0 Å². The summed E-state index contributed by atoms with van der Waals surface area (Å²) in [4.78, 5) is 14.1. The third-order valence-electron chi connectivity index (χ3n) is 3.13. The summed E-state index contributed by atoms with van der Waals surface area (Å²) in [6.45, 7) is 0.670. The van der Waals surface area contributed by atoms with Gasteiger partial charge < -0.3 is 5.32 Å².